The van der Waals surface area contributed by atoms with Gasteiger partial charge in [0, 0.05) is 41.5 Å². The highest BCUT2D eigenvalue weighted by atomic mass is 32.2. The molecule has 144 valence electrons. The maximum absolute atomic E-state index is 12.8. The molecule has 3 N–H and O–H groups in total. The molecule has 1 rings (SSSR count). The molecule has 0 aliphatic heterocycles. The average Bonchev–Trinajstić information content (AvgIpc) is 2.59. The Morgan fingerprint density at radius 1 is 1.31 bits per heavy atom. The fourth-order valence-electron chi connectivity index (χ4n) is 1.78. The van der Waals surface area contributed by atoms with E-state index in [-0.39, 0.29) is 5.41 Å². The Hall–Kier alpha value is -2.06. The molecular weight excluding hydrogens is 352 g/mol. The molecule has 0 aliphatic carbocycles. The summed E-state index contributed by atoms with van der Waals surface area (Å²) >= 11 is -1.62. The number of methoxy groups -OCH3 is 1. The van der Waals surface area contributed by atoms with E-state index in [1.54, 1.807) is 39.1 Å². The molecule has 0 radical (unpaired) electrons. The topological polar surface area (TPSA) is 110 Å². The van der Waals surface area contributed by atoms with E-state index in [1.165, 1.54) is 13.3 Å². The SMILES string of the molecule is CN/C(=C\C(=N)C(C)(C)C)NC(=O)C(C)(C)[S+]([O-])c1ccc(OC)nc1. The second-order valence-electron chi connectivity index (χ2n) is 7.24. The number of carbonyl (C=O) groups is 1. The van der Waals surface area contributed by atoms with Crippen molar-refractivity contribution in [3.63, 3.8) is 0 Å². The highest BCUT2D eigenvalue weighted by molar-refractivity contribution is 7.93. The van der Waals surface area contributed by atoms with Crippen molar-refractivity contribution in [3.8, 4) is 5.88 Å². The van der Waals surface area contributed by atoms with Crippen LogP contribution in [0.4, 0.5) is 0 Å². The summed E-state index contributed by atoms with van der Waals surface area (Å²) in [5.41, 5.74) is 0.0142. The van der Waals surface area contributed by atoms with Crippen molar-refractivity contribution < 1.29 is 14.1 Å². The summed E-state index contributed by atoms with van der Waals surface area (Å²) in [6.45, 7) is 8.94. The first kappa shape index (κ1) is 22.0. The summed E-state index contributed by atoms with van der Waals surface area (Å²) in [6, 6.07) is 3.23. The molecular formula is C18H28N4O3S. The average molecular weight is 381 g/mol. The van der Waals surface area contributed by atoms with Crippen LogP contribution in [0.25, 0.3) is 0 Å². The number of hydrogen-bond acceptors (Lipinski definition) is 6. The van der Waals surface area contributed by atoms with Gasteiger partial charge in [-0.15, -0.1) is 0 Å². The van der Waals surface area contributed by atoms with Crippen molar-refractivity contribution in [2.24, 2.45) is 5.41 Å². The van der Waals surface area contributed by atoms with Gasteiger partial charge in [0.2, 0.25) is 10.6 Å². The Balaban J connectivity index is 2.97. The molecule has 0 saturated carbocycles. The Morgan fingerprint density at radius 3 is 2.35 bits per heavy atom. The number of aromatic nitrogens is 1. The van der Waals surface area contributed by atoms with Gasteiger partial charge in [-0.25, -0.2) is 4.98 Å². The van der Waals surface area contributed by atoms with Gasteiger partial charge < -0.3 is 25.3 Å². The first-order chi connectivity index (χ1) is 11.9. The van der Waals surface area contributed by atoms with Gasteiger partial charge in [0.05, 0.1) is 13.3 Å². The molecule has 0 spiro atoms. The summed E-state index contributed by atoms with van der Waals surface area (Å²) in [5, 5.41) is 13.7. The Kier molecular flexibility index (Phi) is 7.23. The number of carbonyl (C=O) groups excluding carboxylic acids is 1. The summed E-state index contributed by atoms with van der Waals surface area (Å²) in [5.74, 6) is 0.371. The molecule has 7 nitrogen and oxygen atoms in total. The van der Waals surface area contributed by atoms with Crippen LogP contribution < -0.4 is 15.4 Å². The van der Waals surface area contributed by atoms with E-state index in [1.807, 2.05) is 20.8 Å². The second-order valence-corrected chi connectivity index (χ2v) is 9.27. The van der Waals surface area contributed by atoms with Gasteiger partial charge in [0.25, 0.3) is 5.91 Å². The lowest BCUT2D eigenvalue weighted by Gasteiger charge is -2.27. The molecule has 1 heterocycles. The number of ether oxygens (including phenoxy) is 1. The first-order valence-corrected chi connectivity index (χ1v) is 9.30. The van der Waals surface area contributed by atoms with Crippen LogP contribution in [0.1, 0.15) is 34.6 Å². The van der Waals surface area contributed by atoms with E-state index in [4.69, 9.17) is 10.1 Å². The molecule has 1 amide bonds. The third-order valence-corrected chi connectivity index (χ3v) is 5.54. The van der Waals surface area contributed by atoms with Gasteiger partial charge in [-0.3, -0.25) is 4.79 Å². The predicted molar refractivity (Wildman–Crippen MR) is 104 cm³/mol. The summed E-state index contributed by atoms with van der Waals surface area (Å²) in [7, 11) is 3.15. The highest BCUT2D eigenvalue weighted by Crippen LogP contribution is 2.26. The number of hydrogen-bond donors (Lipinski definition) is 3. The molecule has 0 fully saturated rings. The lowest BCUT2D eigenvalue weighted by molar-refractivity contribution is -0.122. The van der Waals surface area contributed by atoms with Crippen molar-refractivity contribution >= 4 is 22.8 Å². The minimum absolute atomic E-state index is 0.347. The molecule has 0 bridgehead atoms. The third-order valence-electron chi connectivity index (χ3n) is 3.76. The number of amides is 1. The molecule has 1 aromatic heterocycles. The largest absolute Gasteiger partial charge is 0.611 e. The van der Waals surface area contributed by atoms with Gasteiger partial charge in [-0.1, -0.05) is 20.8 Å². The van der Waals surface area contributed by atoms with Crippen LogP contribution >= 0.6 is 0 Å². The second kappa shape index (κ2) is 8.55. The zero-order valence-electron chi connectivity index (χ0n) is 16.4. The number of allylic oxidation sites excluding steroid dienone is 1. The number of nitrogens with zero attached hydrogens (tertiary/aromatic N) is 1. The summed E-state index contributed by atoms with van der Waals surface area (Å²) < 4.78 is 16.6. The molecule has 0 aromatic carbocycles. The highest BCUT2D eigenvalue weighted by Gasteiger charge is 2.42. The molecule has 1 atom stereocenters. The fourth-order valence-corrected chi connectivity index (χ4v) is 2.93. The monoisotopic (exact) mass is 380 g/mol. The molecule has 0 saturated heterocycles. The van der Waals surface area contributed by atoms with Crippen molar-refractivity contribution in [2.75, 3.05) is 14.2 Å². The molecule has 0 aliphatic rings. The van der Waals surface area contributed by atoms with Crippen LogP contribution in [0, 0.1) is 10.8 Å². The zero-order valence-corrected chi connectivity index (χ0v) is 17.2. The van der Waals surface area contributed by atoms with Crippen LogP contribution in [-0.4, -0.2) is 40.1 Å². The van der Waals surface area contributed by atoms with Gasteiger partial charge in [0.1, 0.15) is 5.82 Å². The van der Waals surface area contributed by atoms with Gasteiger partial charge >= 0.3 is 0 Å². The van der Waals surface area contributed by atoms with E-state index >= 15 is 0 Å². The molecule has 26 heavy (non-hydrogen) atoms. The number of rotatable bonds is 7. The predicted octanol–water partition coefficient (Wildman–Crippen LogP) is 2.22. The van der Waals surface area contributed by atoms with E-state index in [0.717, 1.165) is 0 Å². The Bertz CT molecular complexity index is 679. The lowest BCUT2D eigenvalue weighted by atomic mass is 9.90. The van der Waals surface area contributed by atoms with Crippen LogP contribution in [0.3, 0.4) is 0 Å². The van der Waals surface area contributed by atoms with Crippen molar-refractivity contribution in [3.05, 3.63) is 30.2 Å². The first-order valence-electron chi connectivity index (χ1n) is 8.15. The maximum atomic E-state index is 12.8. The smallest absolute Gasteiger partial charge is 0.281 e. The number of pyridine rings is 1. The Morgan fingerprint density at radius 2 is 1.92 bits per heavy atom. The van der Waals surface area contributed by atoms with Gasteiger partial charge in [0.15, 0.2) is 4.90 Å². The van der Waals surface area contributed by atoms with E-state index in [2.05, 4.69) is 15.6 Å². The van der Waals surface area contributed by atoms with E-state index < -0.39 is 21.8 Å². The van der Waals surface area contributed by atoms with Crippen LogP contribution in [-0.2, 0) is 16.0 Å². The zero-order chi connectivity index (χ0) is 20.1. The number of nitrogens with one attached hydrogen (secondary N) is 3. The van der Waals surface area contributed by atoms with Crippen LogP contribution in [0.5, 0.6) is 5.88 Å². The van der Waals surface area contributed by atoms with Gasteiger partial charge in [-0.2, -0.15) is 0 Å². The quantitative estimate of drug-likeness (QED) is 0.496. The standard InChI is InChI=1S/C18H28N4O3S/c1-17(2,3)13(19)10-14(20-6)22-16(23)18(4,5)26(24)12-8-9-15(25-7)21-11-12/h8-11,19-20H,1-7H3,(H,22,23)/b14-10+,19-13?. The van der Waals surface area contributed by atoms with Crippen molar-refractivity contribution in [1.29, 1.82) is 5.41 Å². The molecule has 8 heteroatoms. The molecule has 1 unspecified atom stereocenters. The third kappa shape index (κ3) is 5.47. The maximum Gasteiger partial charge on any atom is 0.281 e. The summed E-state index contributed by atoms with van der Waals surface area (Å²) in [4.78, 5) is 17.2. The van der Waals surface area contributed by atoms with Crippen molar-refractivity contribution in [2.45, 2.75) is 44.3 Å². The molecule has 1 aromatic rings. The lowest BCUT2D eigenvalue weighted by Crippen LogP contribution is -2.49. The van der Waals surface area contributed by atoms with Gasteiger partial charge in [-0.05, 0) is 19.9 Å². The van der Waals surface area contributed by atoms with E-state index in [0.29, 0.717) is 22.3 Å². The Labute approximate surface area is 158 Å². The van der Waals surface area contributed by atoms with Crippen LogP contribution in [0.15, 0.2) is 35.1 Å². The van der Waals surface area contributed by atoms with Crippen LogP contribution in [0.2, 0.25) is 0 Å². The fraction of sp³-hybridized carbons (Fsp3) is 0.500. The van der Waals surface area contributed by atoms with Crippen molar-refractivity contribution in [1.82, 2.24) is 15.6 Å². The summed E-state index contributed by atoms with van der Waals surface area (Å²) in [6.07, 6.45) is 3.00. The normalized spacial score (nSPS) is 13.8. The van der Waals surface area contributed by atoms with E-state index in [9.17, 15) is 9.35 Å². The minimum atomic E-state index is -1.62. The minimum Gasteiger partial charge on any atom is -0.611 e.